The number of anilines is 1. The van der Waals surface area contributed by atoms with Crippen molar-refractivity contribution in [3.05, 3.63) is 89.5 Å². The molecule has 33 heavy (non-hydrogen) atoms. The van der Waals surface area contributed by atoms with Crippen molar-refractivity contribution in [2.24, 2.45) is 0 Å². The summed E-state index contributed by atoms with van der Waals surface area (Å²) in [4.78, 5) is 6.85. The van der Waals surface area contributed by atoms with E-state index in [9.17, 15) is 0 Å². The molecule has 0 aliphatic rings. The predicted molar refractivity (Wildman–Crippen MR) is 135 cm³/mol. The van der Waals surface area contributed by atoms with Gasteiger partial charge in [-0.05, 0) is 36.1 Å². The Labute approximate surface area is 196 Å². The zero-order chi connectivity index (χ0) is 23.4. The van der Waals surface area contributed by atoms with Crippen LogP contribution in [0.1, 0.15) is 36.5 Å². The maximum Gasteiger partial charge on any atom is 0.336 e. The quantitative estimate of drug-likeness (QED) is 0.340. The van der Waals surface area contributed by atoms with Gasteiger partial charge in [0, 0.05) is 30.9 Å². The molecule has 0 saturated carbocycles. The molecule has 3 aromatic carbocycles. The lowest BCUT2D eigenvalue weighted by atomic mass is 9.99. The van der Waals surface area contributed by atoms with Crippen LogP contribution in [0.25, 0.3) is 22.5 Å². The molecule has 0 fully saturated rings. The normalized spacial score (nSPS) is 11.0. The highest BCUT2D eigenvalue weighted by atomic mass is 16.5. The molecule has 1 heterocycles. The van der Waals surface area contributed by atoms with Crippen molar-refractivity contribution in [2.45, 2.75) is 33.3 Å². The van der Waals surface area contributed by atoms with Crippen molar-refractivity contribution in [3.63, 3.8) is 0 Å². The number of benzene rings is 3. The van der Waals surface area contributed by atoms with E-state index in [4.69, 9.17) is 9.72 Å². The van der Waals surface area contributed by atoms with Crippen LogP contribution in [-0.2, 0) is 6.61 Å². The molecule has 4 aromatic rings. The second-order valence-electron chi connectivity index (χ2n) is 8.78. The number of aryl methyl sites for hydroxylation is 1. The van der Waals surface area contributed by atoms with Crippen LogP contribution in [0.4, 0.5) is 5.69 Å². The van der Waals surface area contributed by atoms with Gasteiger partial charge in [-0.15, -0.1) is 5.10 Å². The fraction of sp³-hybridized carbons (Fsp3) is 0.250. The van der Waals surface area contributed by atoms with Gasteiger partial charge in [0.05, 0.1) is 0 Å². The summed E-state index contributed by atoms with van der Waals surface area (Å²) in [5.41, 5.74) is 8.14. The van der Waals surface area contributed by atoms with Crippen LogP contribution in [0.5, 0.6) is 6.01 Å². The molecular weight excluding hydrogens is 408 g/mol. The van der Waals surface area contributed by atoms with Crippen LogP contribution in [0.2, 0.25) is 0 Å². The first-order chi connectivity index (χ1) is 15.9. The number of rotatable bonds is 7. The Bertz CT molecular complexity index is 1200. The molecule has 4 rings (SSSR count). The van der Waals surface area contributed by atoms with Crippen molar-refractivity contribution in [2.75, 3.05) is 19.0 Å². The highest BCUT2D eigenvalue weighted by Crippen LogP contribution is 2.31. The van der Waals surface area contributed by atoms with Crippen LogP contribution in [0.15, 0.2) is 72.8 Å². The second-order valence-corrected chi connectivity index (χ2v) is 8.78. The van der Waals surface area contributed by atoms with Gasteiger partial charge in [-0.3, -0.25) is 0 Å². The monoisotopic (exact) mass is 438 g/mol. The van der Waals surface area contributed by atoms with Gasteiger partial charge in [-0.25, -0.2) is 0 Å². The van der Waals surface area contributed by atoms with E-state index in [-0.39, 0.29) is 6.01 Å². The van der Waals surface area contributed by atoms with Gasteiger partial charge in [0.1, 0.15) is 18.0 Å². The summed E-state index contributed by atoms with van der Waals surface area (Å²) in [7, 11) is 4.05. The summed E-state index contributed by atoms with van der Waals surface area (Å²) in [5.74, 6) is 0.467. The van der Waals surface area contributed by atoms with Crippen LogP contribution in [0, 0.1) is 6.92 Å². The van der Waals surface area contributed by atoms with Crippen molar-refractivity contribution >= 4 is 5.69 Å². The molecule has 0 amide bonds. The van der Waals surface area contributed by atoms with E-state index in [0.717, 1.165) is 33.8 Å². The average Bonchev–Trinajstić information content (AvgIpc) is 2.83. The van der Waals surface area contributed by atoms with Crippen molar-refractivity contribution < 1.29 is 4.74 Å². The Kier molecular flexibility index (Phi) is 6.68. The van der Waals surface area contributed by atoms with Gasteiger partial charge in [0.15, 0.2) is 0 Å². The molecule has 0 aliphatic carbocycles. The van der Waals surface area contributed by atoms with E-state index in [2.05, 4.69) is 109 Å². The molecular formula is C28H30N4O. The maximum atomic E-state index is 5.91. The zero-order valence-electron chi connectivity index (χ0n) is 19.9. The number of aromatic nitrogens is 3. The Morgan fingerprint density at radius 2 is 1.36 bits per heavy atom. The standard InChI is InChI=1S/C28H30N4O/c1-19(2)22-10-12-23(13-11-22)26-27(24-14-16-25(17-15-24)32(4)5)30-31-28(29-26)33-18-21-8-6-20(3)7-9-21/h6-17,19H,18H2,1-5H3. The van der Waals surface area contributed by atoms with Gasteiger partial charge < -0.3 is 9.64 Å². The summed E-state index contributed by atoms with van der Waals surface area (Å²) in [6.45, 7) is 6.84. The largest absolute Gasteiger partial charge is 0.458 e. The summed E-state index contributed by atoms with van der Waals surface area (Å²) in [6.07, 6.45) is 0. The van der Waals surface area contributed by atoms with E-state index in [0.29, 0.717) is 12.5 Å². The van der Waals surface area contributed by atoms with E-state index in [1.54, 1.807) is 0 Å². The third-order valence-corrected chi connectivity index (χ3v) is 5.66. The molecule has 0 aliphatic heterocycles. The molecule has 0 N–H and O–H groups in total. The van der Waals surface area contributed by atoms with Crippen LogP contribution < -0.4 is 9.64 Å². The van der Waals surface area contributed by atoms with Crippen molar-refractivity contribution in [1.29, 1.82) is 0 Å². The van der Waals surface area contributed by atoms with Crippen LogP contribution >= 0.6 is 0 Å². The minimum atomic E-state index is 0.271. The minimum absolute atomic E-state index is 0.271. The number of nitrogens with zero attached hydrogens (tertiary/aromatic N) is 4. The lowest BCUT2D eigenvalue weighted by molar-refractivity contribution is 0.277. The predicted octanol–water partition coefficient (Wildman–Crippen LogP) is 6.28. The number of ether oxygens (including phenoxy) is 1. The third kappa shape index (κ3) is 5.37. The molecule has 0 spiro atoms. The smallest absolute Gasteiger partial charge is 0.336 e. The Balaban J connectivity index is 1.69. The Hall–Kier alpha value is -3.73. The summed E-state index contributed by atoms with van der Waals surface area (Å²) in [5, 5.41) is 8.82. The van der Waals surface area contributed by atoms with Gasteiger partial charge in [-0.1, -0.05) is 85.2 Å². The molecule has 0 radical (unpaired) electrons. The molecule has 5 heteroatoms. The topological polar surface area (TPSA) is 51.1 Å². The Morgan fingerprint density at radius 1 is 0.758 bits per heavy atom. The van der Waals surface area contributed by atoms with Gasteiger partial charge in [0.2, 0.25) is 0 Å². The first kappa shape index (κ1) is 22.5. The highest BCUT2D eigenvalue weighted by Gasteiger charge is 2.15. The summed E-state index contributed by atoms with van der Waals surface area (Å²) >= 11 is 0. The number of hydrogen-bond donors (Lipinski definition) is 0. The molecule has 0 bridgehead atoms. The summed E-state index contributed by atoms with van der Waals surface area (Å²) < 4.78 is 5.91. The fourth-order valence-corrected chi connectivity index (χ4v) is 3.54. The van der Waals surface area contributed by atoms with E-state index < -0.39 is 0 Å². The molecule has 0 saturated heterocycles. The highest BCUT2D eigenvalue weighted by molar-refractivity contribution is 5.78. The first-order valence-electron chi connectivity index (χ1n) is 11.2. The zero-order valence-corrected chi connectivity index (χ0v) is 19.9. The maximum absolute atomic E-state index is 5.91. The van der Waals surface area contributed by atoms with Crippen molar-refractivity contribution in [3.8, 4) is 28.5 Å². The fourth-order valence-electron chi connectivity index (χ4n) is 3.54. The van der Waals surface area contributed by atoms with Crippen LogP contribution in [-0.4, -0.2) is 29.3 Å². The molecule has 5 nitrogen and oxygen atoms in total. The molecule has 168 valence electrons. The molecule has 0 atom stereocenters. The Morgan fingerprint density at radius 3 is 1.97 bits per heavy atom. The summed E-state index contributed by atoms with van der Waals surface area (Å²) in [6, 6.07) is 25.3. The molecule has 1 aromatic heterocycles. The lowest BCUT2D eigenvalue weighted by Crippen LogP contribution is -2.08. The first-order valence-corrected chi connectivity index (χ1v) is 11.2. The van der Waals surface area contributed by atoms with E-state index in [1.165, 1.54) is 11.1 Å². The van der Waals surface area contributed by atoms with Gasteiger partial charge in [0.25, 0.3) is 0 Å². The van der Waals surface area contributed by atoms with Gasteiger partial charge >= 0.3 is 6.01 Å². The van der Waals surface area contributed by atoms with Crippen molar-refractivity contribution in [1.82, 2.24) is 15.2 Å². The van der Waals surface area contributed by atoms with Crippen LogP contribution in [0.3, 0.4) is 0 Å². The van der Waals surface area contributed by atoms with E-state index >= 15 is 0 Å². The lowest BCUT2D eigenvalue weighted by Gasteiger charge is -2.14. The second kappa shape index (κ2) is 9.82. The third-order valence-electron chi connectivity index (χ3n) is 5.66. The molecule has 0 unspecified atom stereocenters. The average molecular weight is 439 g/mol. The SMILES string of the molecule is Cc1ccc(COc2nnc(-c3ccc(N(C)C)cc3)c(-c3ccc(C(C)C)cc3)n2)cc1. The van der Waals surface area contributed by atoms with Gasteiger partial charge in [-0.2, -0.15) is 4.98 Å². The number of hydrogen-bond acceptors (Lipinski definition) is 5. The van der Waals surface area contributed by atoms with E-state index in [1.807, 2.05) is 14.1 Å². The minimum Gasteiger partial charge on any atom is -0.458 e.